The van der Waals surface area contributed by atoms with Crippen LogP contribution in [0.25, 0.3) is 0 Å². The Bertz CT molecular complexity index is 668. The minimum atomic E-state index is -0.699. The first-order chi connectivity index (χ1) is 9.47. The van der Waals surface area contributed by atoms with Crippen molar-refractivity contribution in [3.05, 3.63) is 50.0 Å². The monoisotopic (exact) mass is 292 g/mol. The van der Waals surface area contributed by atoms with Gasteiger partial charge in [0.05, 0.1) is 22.2 Å². The number of nitrogens with zero attached hydrogens (tertiary/aromatic N) is 2. The Hall–Kier alpha value is -2.48. The van der Waals surface area contributed by atoms with E-state index in [4.69, 9.17) is 5.73 Å². The van der Waals surface area contributed by atoms with E-state index in [2.05, 4.69) is 10.3 Å². The lowest BCUT2D eigenvalue weighted by Gasteiger charge is -2.06. The molecule has 0 saturated heterocycles. The first kappa shape index (κ1) is 13.9. The van der Waals surface area contributed by atoms with E-state index >= 15 is 0 Å². The highest BCUT2D eigenvalue weighted by Crippen LogP contribution is 2.26. The Balaban J connectivity index is 2.22. The molecule has 20 heavy (non-hydrogen) atoms. The summed E-state index contributed by atoms with van der Waals surface area (Å²) in [6, 6.07) is 4.08. The number of primary amides is 1. The highest BCUT2D eigenvalue weighted by atomic mass is 32.1. The average molecular weight is 292 g/mol. The number of hydrogen-bond acceptors (Lipinski definition) is 6. The van der Waals surface area contributed by atoms with Gasteiger partial charge < -0.3 is 11.1 Å². The molecule has 0 saturated carbocycles. The van der Waals surface area contributed by atoms with Crippen LogP contribution < -0.4 is 11.1 Å². The number of aryl methyl sites for hydroxylation is 1. The van der Waals surface area contributed by atoms with Gasteiger partial charge in [-0.15, -0.1) is 11.3 Å². The molecule has 0 atom stereocenters. The largest absolute Gasteiger partial charge is 0.374 e. The number of anilines is 1. The minimum absolute atomic E-state index is 0.103. The lowest BCUT2D eigenvalue weighted by molar-refractivity contribution is -0.384. The third kappa shape index (κ3) is 3.09. The highest BCUT2D eigenvalue weighted by molar-refractivity contribution is 7.09. The molecule has 104 valence electrons. The summed E-state index contributed by atoms with van der Waals surface area (Å²) in [7, 11) is 0. The number of nitro groups is 1. The van der Waals surface area contributed by atoms with Crippen molar-refractivity contribution in [2.75, 3.05) is 5.32 Å². The van der Waals surface area contributed by atoms with Gasteiger partial charge in [-0.05, 0) is 19.1 Å². The fourth-order valence-corrected chi connectivity index (χ4v) is 2.27. The van der Waals surface area contributed by atoms with E-state index in [-0.39, 0.29) is 11.3 Å². The first-order valence-electron chi connectivity index (χ1n) is 5.70. The maximum absolute atomic E-state index is 11.0. The number of nitrogens with one attached hydrogen (secondary N) is 1. The van der Waals surface area contributed by atoms with E-state index in [1.54, 1.807) is 0 Å². The van der Waals surface area contributed by atoms with E-state index in [0.717, 1.165) is 16.8 Å². The standard InChI is InChI=1S/C12H12N4O3S/c1-7-15-9(6-20-7)5-14-10-3-2-8(12(13)17)4-11(10)16(18)19/h2-4,6,14H,5H2,1H3,(H2,13,17). The zero-order valence-corrected chi connectivity index (χ0v) is 11.4. The number of carbonyl (C=O) groups excluding carboxylic acids is 1. The Morgan fingerprint density at radius 2 is 2.30 bits per heavy atom. The second-order valence-electron chi connectivity index (χ2n) is 4.06. The van der Waals surface area contributed by atoms with Crippen LogP contribution in [0.15, 0.2) is 23.6 Å². The summed E-state index contributed by atoms with van der Waals surface area (Å²) >= 11 is 1.51. The summed E-state index contributed by atoms with van der Waals surface area (Å²) in [5.74, 6) is -0.699. The van der Waals surface area contributed by atoms with Gasteiger partial charge in [0.25, 0.3) is 5.69 Å². The molecule has 0 aliphatic heterocycles. The maximum atomic E-state index is 11.0. The second-order valence-corrected chi connectivity index (χ2v) is 5.13. The first-order valence-corrected chi connectivity index (χ1v) is 6.58. The summed E-state index contributed by atoms with van der Waals surface area (Å²) in [6.07, 6.45) is 0. The molecule has 1 aromatic carbocycles. The summed E-state index contributed by atoms with van der Waals surface area (Å²) in [6.45, 7) is 2.26. The average Bonchev–Trinajstić information content (AvgIpc) is 2.81. The van der Waals surface area contributed by atoms with Crippen molar-refractivity contribution in [1.29, 1.82) is 0 Å². The van der Waals surface area contributed by atoms with Crippen LogP contribution in [0.2, 0.25) is 0 Å². The Morgan fingerprint density at radius 3 is 2.85 bits per heavy atom. The van der Waals surface area contributed by atoms with E-state index in [0.29, 0.717) is 12.2 Å². The van der Waals surface area contributed by atoms with Crippen molar-refractivity contribution in [1.82, 2.24) is 4.98 Å². The van der Waals surface area contributed by atoms with E-state index in [1.807, 2.05) is 12.3 Å². The van der Waals surface area contributed by atoms with Gasteiger partial charge >= 0.3 is 0 Å². The van der Waals surface area contributed by atoms with Crippen molar-refractivity contribution in [3.8, 4) is 0 Å². The van der Waals surface area contributed by atoms with Crippen LogP contribution in [0.3, 0.4) is 0 Å². The van der Waals surface area contributed by atoms with Gasteiger partial charge in [0.15, 0.2) is 0 Å². The molecular weight excluding hydrogens is 280 g/mol. The van der Waals surface area contributed by atoms with Crippen LogP contribution >= 0.6 is 11.3 Å². The molecule has 3 N–H and O–H groups in total. The van der Waals surface area contributed by atoms with Crippen LogP contribution in [0.1, 0.15) is 21.1 Å². The third-order valence-electron chi connectivity index (χ3n) is 2.61. The molecule has 1 heterocycles. The van der Waals surface area contributed by atoms with Gasteiger partial charge in [-0.25, -0.2) is 4.98 Å². The predicted molar refractivity (Wildman–Crippen MR) is 75.8 cm³/mol. The third-order valence-corrected chi connectivity index (χ3v) is 3.43. The number of rotatable bonds is 5. The zero-order chi connectivity index (χ0) is 14.7. The van der Waals surface area contributed by atoms with Gasteiger partial charge in [0.2, 0.25) is 5.91 Å². The molecule has 0 aliphatic rings. The molecule has 0 radical (unpaired) electrons. The Morgan fingerprint density at radius 1 is 1.55 bits per heavy atom. The Labute approximate surface area is 118 Å². The zero-order valence-electron chi connectivity index (χ0n) is 10.6. The van der Waals surface area contributed by atoms with Gasteiger partial charge in [0.1, 0.15) is 5.69 Å². The molecule has 2 aromatic rings. The van der Waals surface area contributed by atoms with Gasteiger partial charge in [-0.1, -0.05) is 0 Å². The van der Waals surface area contributed by atoms with Crippen LogP contribution in [0.4, 0.5) is 11.4 Å². The topological polar surface area (TPSA) is 111 Å². The van der Waals surface area contributed by atoms with Crippen LogP contribution in [0, 0.1) is 17.0 Å². The highest BCUT2D eigenvalue weighted by Gasteiger charge is 2.16. The van der Waals surface area contributed by atoms with Crippen molar-refractivity contribution in [2.24, 2.45) is 5.73 Å². The number of thiazole rings is 1. The number of benzene rings is 1. The summed E-state index contributed by atoms with van der Waals surface area (Å²) < 4.78 is 0. The molecule has 0 bridgehead atoms. The van der Waals surface area contributed by atoms with E-state index in [9.17, 15) is 14.9 Å². The van der Waals surface area contributed by atoms with Gasteiger partial charge in [0, 0.05) is 17.0 Å². The summed E-state index contributed by atoms with van der Waals surface area (Å²) in [5, 5.41) is 16.8. The minimum Gasteiger partial charge on any atom is -0.374 e. The SMILES string of the molecule is Cc1nc(CNc2ccc(C(N)=O)cc2[N+](=O)[O-])cs1. The number of amides is 1. The lowest BCUT2D eigenvalue weighted by Crippen LogP contribution is -2.12. The molecule has 0 unspecified atom stereocenters. The van der Waals surface area contributed by atoms with Crippen LogP contribution in [-0.4, -0.2) is 15.8 Å². The van der Waals surface area contributed by atoms with Crippen molar-refractivity contribution < 1.29 is 9.72 Å². The van der Waals surface area contributed by atoms with Crippen molar-refractivity contribution >= 4 is 28.6 Å². The molecule has 7 nitrogen and oxygen atoms in total. The number of nitrogens with two attached hydrogens (primary N) is 1. The molecule has 0 fully saturated rings. The fourth-order valence-electron chi connectivity index (χ4n) is 1.66. The van der Waals surface area contributed by atoms with Crippen LogP contribution in [0.5, 0.6) is 0 Å². The lowest BCUT2D eigenvalue weighted by atomic mass is 10.1. The quantitative estimate of drug-likeness (QED) is 0.647. The maximum Gasteiger partial charge on any atom is 0.293 e. The van der Waals surface area contributed by atoms with Crippen LogP contribution in [-0.2, 0) is 6.54 Å². The normalized spacial score (nSPS) is 10.2. The summed E-state index contributed by atoms with van der Waals surface area (Å²) in [5.41, 5.74) is 6.16. The van der Waals surface area contributed by atoms with E-state index in [1.165, 1.54) is 23.5 Å². The Kier molecular flexibility index (Phi) is 3.94. The molecule has 0 spiro atoms. The number of aromatic nitrogens is 1. The van der Waals surface area contributed by atoms with Gasteiger partial charge in [-0.3, -0.25) is 14.9 Å². The smallest absolute Gasteiger partial charge is 0.293 e. The molecule has 2 rings (SSSR count). The molecule has 8 heteroatoms. The molecule has 0 aliphatic carbocycles. The number of hydrogen-bond donors (Lipinski definition) is 2. The second kappa shape index (κ2) is 5.66. The molecule has 1 aromatic heterocycles. The number of carbonyl (C=O) groups is 1. The molecule has 1 amide bonds. The van der Waals surface area contributed by atoms with E-state index < -0.39 is 10.8 Å². The van der Waals surface area contributed by atoms with Crippen molar-refractivity contribution in [2.45, 2.75) is 13.5 Å². The van der Waals surface area contributed by atoms with Crippen molar-refractivity contribution in [3.63, 3.8) is 0 Å². The number of nitro benzene ring substituents is 1. The fraction of sp³-hybridized carbons (Fsp3) is 0.167. The predicted octanol–water partition coefficient (Wildman–Crippen LogP) is 2.07. The summed E-state index contributed by atoms with van der Waals surface area (Å²) in [4.78, 5) is 25.8. The molecular formula is C12H12N4O3S. The van der Waals surface area contributed by atoms with Gasteiger partial charge in [-0.2, -0.15) is 0 Å².